The number of nitro groups is 1. The van der Waals surface area contributed by atoms with Crippen LogP contribution in [-0.2, 0) is 16.1 Å². The number of ether oxygens (including phenoxy) is 1. The molecule has 1 fully saturated rings. The number of aryl methyl sites for hydroxylation is 1. The average molecular weight is 607 g/mol. The van der Waals surface area contributed by atoms with Gasteiger partial charge < -0.3 is 34.4 Å². The normalized spacial score (nSPS) is 14.3. The molecule has 0 saturated carbocycles. The molecule has 3 amide bonds. The first-order valence-corrected chi connectivity index (χ1v) is 12.9. The number of nitrogens with one attached hydrogen (secondary N) is 1. The first-order valence-electron chi connectivity index (χ1n) is 12.1. The molecule has 1 N–H and O–H groups in total. The average Bonchev–Trinajstić information content (AvgIpc) is 3.62. The van der Waals surface area contributed by atoms with Crippen molar-refractivity contribution in [3.8, 4) is 0 Å². The Morgan fingerprint density at radius 3 is 2.51 bits per heavy atom. The van der Waals surface area contributed by atoms with Gasteiger partial charge in [-0.2, -0.15) is 9.78 Å². The Bertz CT molecular complexity index is 1390. The maximum atomic E-state index is 13.1. The van der Waals surface area contributed by atoms with E-state index in [2.05, 4.69) is 31.4 Å². The molecule has 1 aliphatic heterocycles. The second-order valence-electron chi connectivity index (χ2n) is 8.77. The van der Waals surface area contributed by atoms with Crippen LogP contribution in [-0.4, -0.2) is 85.0 Å². The molecule has 0 bridgehead atoms. The predicted octanol–water partition coefficient (Wildman–Crippen LogP) is 2.81. The molecule has 3 aromatic heterocycles. The van der Waals surface area contributed by atoms with E-state index in [1.54, 1.807) is 42.8 Å². The van der Waals surface area contributed by atoms with Gasteiger partial charge in [0.05, 0.1) is 29.3 Å². The Morgan fingerprint density at radius 2 is 1.87 bits per heavy atom. The monoisotopic (exact) mass is 606 g/mol. The van der Waals surface area contributed by atoms with Crippen LogP contribution >= 0.6 is 15.9 Å². The number of carbonyl (C=O) groups is 3. The molecule has 0 aromatic carbocycles. The van der Waals surface area contributed by atoms with Crippen LogP contribution in [0.4, 0.5) is 16.3 Å². The molecule has 1 aliphatic rings. The third-order valence-electron chi connectivity index (χ3n) is 6.11. The van der Waals surface area contributed by atoms with Crippen molar-refractivity contribution >= 4 is 45.3 Å². The van der Waals surface area contributed by atoms with E-state index in [4.69, 9.17) is 9.15 Å². The molecule has 0 aliphatic carbocycles. The minimum absolute atomic E-state index is 0.0291. The number of rotatable bonds is 8. The largest absolute Gasteiger partial charge is 0.454 e. The summed E-state index contributed by atoms with van der Waals surface area (Å²) in [7, 11) is 0. The van der Waals surface area contributed by atoms with E-state index in [1.807, 2.05) is 0 Å². The zero-order valence-electron chi connectivity index (χ0n) is 21.5. The third-order valence-corrected chi connectivity index (χ3v) is 6.67. The molecule has 1 unspecified atom stereocenters. The topological polar surface area (TPSA) is 171 Å². The zero-order chi connectivity index (χ0) is 28.3. The fourth-order valence-electron chi connectivity index (χ4n) is 4.02. The summed E-state index contributed by atoms with van der Waals surface area (Å²) >= 11 is 3.09. The lowest BCUT2D eigenvalue weighted by atomic mass is 10.2. The second-order valence-corrected chi connectivity index (χ2v) is 9.63. The Hall–Kier alpha value is -4.21. The minimum Gasteiger partial charge on any atom is -0.454 e. The van der Waals surface area contributed by atoms with E-state index in [9.17, 15) is 24.5 Å². The van der Waals surface area contributed by atoms with E-state index in [1.165, 1.54) is 21.6 Å². The number of furan rings is 1. The van der Waals surface area contributed by atoms with E-state index in [0.717, 1.165) is 0 Å². The van der Waals surface area contributed by atoms with Gasteiger partial charge in [-0.05, 0) is 53.8 Å². The highest BCUT2D eigenvalue weighted by Crippen LogP contribution is 2.23. The van der Waals surface area contributed by atoms with Gasteiger partial charge in [0, 0.05) is 32.4 Å². The molecule has 15 nitrogen and oxygen atoms in total. The quantitative estimate of drug-likeness (QED) is 0.299. The van der Waals surface area contributed by atoms with Crippen molar-refractivity contribution in [1.29, 1.82) is 0 Å². The van der Waals surface area contributed by atoms with E-state index in [-0.39, 0.29) is 34.6 Å². The van der Waals surface area contributed by atoms with Crippen LogP contribution < -0.4 is 5.32 Å². The number of hydrogen-bond donors (Lipinski definition) is 1. The highest BCUT2D eigenvalue weighted by atomic mass is 79.9. The molecule has 0 spiro atoms. The first-order chi connectivity index (χ1) is 18.6. The van der Waals surface area contributed by atoms with Gasteiger partial charge in [0.2, 0.25) is 5.91 Å². The van der Waals surface area contributed by atoms with Crippen molar-refractivity contribution < 1.29 is 28.5 Å². The van der Waals surface area contributed by atoms with Gasteiger partial charge in [0.25, 0.3) is 5.91 Å². The van der Waals surface area contributed by atoms with Crippen molar-refractivity contribution in [1.82, 2.24) is 29.4 Å². The van der Waals surface area contributed by atoms with Gasteiger partial charge in [0.15, 0.2) is 5.76 Å². The molecule has 1 atom stereocenters. The summed E-state index contributed by atoms with van der Waals surface area (Å²) in [5.74, 6) is -0.592. The number of hydrogen-bond acceptors (Lipinski definition) is 9. The molecule has 39 heavy (non-hydrogen) atoms. The van der Waals surface area contributed by atoms with Gasteiger partial charge in [-0.1, -0.05) is 0 Å². The molecule has 0 radical (unpaired) electrons. The smallest absolute Gasteiger partial charge is 0.409 e. The second kappa shape index (κ2) is 11.7. The summed E-state index contributed by atoms with van der Waals surface area (Å²) in [4.78, 5) is 51.4. The summed E-state index contributed by atoms with van der Waals surface area (Å²) in [6.07, 6.45) is 2.64. The Morgan fingerprint density at radius 1 is 1.18 bits per heavy atom. The fraction of sp³-hybridized carbons (Fsp3) is 0.435. The van der Waals surface area contributed by atoms with Crippen LogP contribution in [0.1, 0.15) is 41.9 Å². The number of anilines is 1. The van der Waals surface area contributed by atoms with Crippen molar-refractivity contribution in [3.05, 3.63) is 56.3 Å². The Balaban J connectivity index is 1.35. The van der Waals surface area contributed by atoms with Crippen molar-refractivity contribution in [2.45, 2.75) is 33.4 Å². The Kier molecular flexibility index (Phi) is 8.32. The van der Waals surface area contributed by atoms with E-state index in [0.29, 0.717) is 49.9 Å². The Labute approximate surface area is 230 Å². The number of amides is 3. The molecule has 16 heteroatoms. The standard InChI is InChI=1S/C23H27BrN8O7/c1-4-38-23(35)29-9-7-28(8-10-29)22(34)15(3)31-13-18(14(2)26-31)25-21(33)19-6-5-16(39-19)11-30-12-17(24)20(27-30)32(36)37/h5-6,12-13,15H,4,7-11H2,1-3H3,(H,25,33). The maximum absolute atomic E-state index is 13.1. The van der Waals surface area contributed by atoms with Gasteiger partial charge in [-0.25, -0.2) is 4.79 Å². The van der Waals surface area contributed by atoms with Gasteiger partial charge in [-0.3, -0.25) is 14.3 Å². The SMILES string of the molecule is CCOC(=O)N1CCN(C(=O)C(C)n2cc(NC(=O)c3ccc(Cn4cc(Br)c([N+](=O)[O-])n4)o3)c(C)n2)CC1. The van der Waals surface area contributed by atoms with Crippen LogP contribution in [0.2, 0.25) is 0 Å². The molecular weight excluding hydrogens is 580 g/mol. The fourth-order valence-corrected chi connectivity index (χ4v) is 4.48. The summed E-state index contributed by atoms with van der Waals surface area (Å²) < 4.78 is 13.7. The van der Waals surface area contributed by atoms with Crippen LogP contribution in [0.25, 0.3) is 0 Å². The van der Waals surface area contributed by atoms with E-state index >= 15 is 0 Å². The minimum atomic E-state index is -0.629. The third kappa shape index (κ3) is 6.27. The predicted molar refractivity (Wildman–Crippen MR) is 139 cm³/mol. The summed E-state index contributed by atoms with van der Waals surface area (Å²) in [5.41, 5.74) is 0.923. The van der Waals surface area contributed by atoms with Gasteiger partial charge >= 0.3 is 11.9 Å². The lowest BCUT2D eigenvalue weighted by Gasteiger charge is -2.35. The molecule has 208 valence electrons. The molecule has 4 rings (SSSR count). The number of piperazine rings is 1. The maximum Gasteiger partial charge on any atom is 0.409 e. The highest BCUT2D eigenvalue weighted by molar-refractivity contribution is 9.10. The zero-order valence-corrected chi connectivity index (χ0v) is 23.1. The van der Waals surface area contributed by atoms with Crippen LogP contribution in [0.5, 0.6) is 0 Å². The van der Waals surface area contributed by atoms with Crippen molar-refractivity contribution in [2.24, 2.45) is 0 Å². The number of carbonyl (C=O) groups excluding carboxylic acids is 3. The van der Waals surface area contributed by atoms with Crippen LogP contribution in [0, 0.1) is 17.0 Å². The summed E-state index contributed by atoms with van der Waals surface area (Å²) in [6.45, 7) is 7.09. The number of nitrogens with zero attached hydrogens (tertiary/aromatic N) is 7. The first kappa shape index (κ1) is 27.8. The van der Waals surface area contributed by atoms with Gasteiger partial charge in [0.1, 0.15) is 22.8 Å². The van der Waals surface area contributed by atoms with Crippen LogP contribution in [0.3, 0.4) is 0 Å². The highest BCUT2D eigenvalue weighted by Gasteiger charge is 2.29. The van der Waals surface area contributed by atoms with E-state index < -0.39 is 16.9 Å². The molecule has 1 saturated heterocycles. The van der Waals surface area contributed by atoms with Crippen molar-refractivity contribution in [2.75, 3.05) is 38.1 Å². The summed E-state index contributed by atoms with van der Waals surface area (Å²) in [5, 5.41) is 22.0. The molecular formula is C23H27BrN8O7. The number of aromatic nitrogens is 4. The molecule has 4 heterocycles. The van der Waals surface area contributed by atoms with Gasteiger partial charge in [-0.15, -0.1) is 0 Å². The lowest BCUT2D eigenvalue weighted by Crippen LogP contribution is -2.52. The van der Waals surface area contributed by atoms with Crippen LogP contribution in [0.15, 0.2) is 33.4 Å². The van der Waals surface area contributed by atoms with Crippen molar-refractivity contribution in [3.63, 3.8) is 0 Å². The number of halogens is 1. The summed E-state index contributed by atoms with van der Waals surface area (Å²) in [6, 6.07) is 2.44. The lowest BCUT2D eigenvalue weighted by molar-refractivity contribution is -0.390. The molecule has 3 aromatic rings.